The van der Waals surface area contributed by atoms with E-state index in [1.807, 2.05) is 54.6 Å². The van der Waals surface area contributed by atoms with Gasteiger partial charge >= 0.3 is 0 Å². The Morgan fingerprint density at radius 1 is 0.865 bits per heavy atom. The van der Waals surface area contributed by atoms with Crippen LogP contribution in [-0.2, 0) is 18.0 Å². The maximum Gasteiger partial charge on any atom is 0.266 e. The number of carbonyl (C=O) groups is 1. The minimum atomic E-state index is -0.497. The first kappa shape index (κ1) is 26.0. The number of benzene rings is 4. The Labute approximate surface area is 229 Å². The molecule has 0 aliphatic heterocycles. The molecule has 0 saturated heterocycles. The number of nitriles is 1. The lowest BCUT2D eigenvalue weighted by Crippen LogP contribution is -2.13. The lowest BCUT2D eigenvalue weighted by atomic mass is 10.1. The van der Waals surface area contributed by atoms with E-state index in [-0.39, 0.29) is 5.57 Å². The fourth-order valence-electron chi connectivity index (χ4n) is 3.33. The molecule has 0 saturated carbocycles. The molecular weight excluding hydrogens is 552 g/mol. The Morgan fingerprint density at radius 2 is 1.49 bits per heavy atom. The van der Waals surface area contributed by atoms with E-state index in [1.54, 1.807) is 48.5 Å². The number of nitrogens with one attached hydrogen (secondary N) is 1. The molecule has 4 rings (SSSR count). The second kappa shape index (κ2) is 12.8. The van der Waals surface area contributed by atoms with Crippen molar-refractivity contribution in [2.45, 2.75) is 13.2 Å². The summed E-state index contributed by atoms with van der Waals surface area (Å²) in [7, 11) is 0. The summed E-state index contributed by atoms with van der Waals surface area (Å²) >= 11 is 9.57. The van der Waals surface area contributed by atoms with Gasteiger partial charge < -0.3 is 14.8 Å². The van der Waals surface area contributed by atoms with Crippen molar-refractivity contribution in [3.8, 4) is 17.6 Å². The number of hydrogen-bond acceptors (Lipinski definition) is 4. The second-order valence-electron chi connectivity index (χ2n) is 8.01. The summed E-state index contributed by atoms with van der Waals surface area (Å²) in [4.78, 5) is 12.7. The summed E-state index contributed by atoms with van der Waals surface area (Å²) < 4.78 is 12.6. The number of hydrogen-bond donors (Lipinski definition) is 1. The first-order chi connectivity index (χ1) is 18.0. The molecule has 0 bridgehead atoms. The molecule has 0 fully saturated rings. The molecule has 1 N–H and O–H groups in total. The van der Waals surface area contributed by atoms with Crippen molar-refractivity contribution in [2.75, 3.05) is 5.32 Å². The predicted octanol–water partition coefficient (Wildman–Crippen LogP) is 7.81. The third-order valence-corrected chi connectivity index (χ3v) is 6.24. The van der Waals surface area contributed by atoms with Gasteiger partial charge in [-0.2, -0.15) is 5.26 Å². The van der Waals surface area contributed by atoms with Crippen LogP contribution in [0.15, 0.2) is 107 Å². The summed E-state index contributed by atoms with van der Waals surface area (Å²) in [5, 5.41) is 12.9. The minimum Gasteiger partial charge on any atom is -0.489 e. The van der Waals surface area contributed by atoms with Crippen LogP contribution in [0, 0.1) is 11.3 Å². The van der Waals surface area contributed by atoms with E-state index in [4.69, 9.17) is 21.1 Å². The molecule has 0 aromatic heterocycles. The van der Waals surface area contributed by atoms with Gasteiger partial charge in [-0.1, -0.05) is 70.0 Å². The first-order valence-electron chi connectivity index (χ1n) is 11.4. The van der Waals surface area contributed by atoms with Crippen LogP contribution in [0.3, 0.4) is 0 Å². The number of halogens is 2. The average molecular weight is 574 g/mol. The van der Waals surface area contributed by atoms with E-state index in [2.05, 4.69) is 21.2 Å². The van der Waals surface area contributed by atoms with Gasteiger partial charge in [-0.3, -0.25) is 4.79 Å². The molecule has 0 radical (unpaired) electrons. The van der Waals surface area contributed by atoms with Crippen LogP contribution in [-0.4, -0.2) is 5.91 Å². The van der Waals surface area contributed by atoms with Crippen molar-refractivity contribution in [2.24, 2.45) is 0 Å². The van der Waals surface area contributed by atoms with Gasteiger partial charge in [-0.15, -0.1) is 0 Å². The molecule has 4 aromatic carbocycles. The van der Waals surface area contributed by atoms with Crippen LogP contribution in [0.1, 0.15) is 16.7 Å². The summed E-state index contributed by atoms with van der Waals surface area (Å²) in [6.45, 7) is 0.777. The topological polar surface area (TPSA) is 71.3 Å². The number of anilines is 1. The molecule has 5 nitrogen and oxygen atoms in total. The zero-order chi connectivity index (χ0) is 26.0. The van der Waals surface area contributed by atoms with Crippen molar-refractivity contribution in [1.29, 1.82) is 5.26 Å². The van der Waals surface area contributed by atoms with Crippen LogP contribution in [0.4, 0.5) is 5.69 Å². The standard InChI is InChI=1S/C30H22BrClN2O3/c31-25-9-5-22(6-10-25)19-36-27-13-7-21(8-14-27)17-24(18-33)30(35)34-26-11-15-28(16-12-26)37-20-23-3-1-2-4-29(23)32/h1-17H,19-20H2,(H,34,35)/b24-17+. The first-order valence-corrected chi connectivity index (χ1v) is 12.5. The SMILES string of the molecule is N#C/C(=C\c1ccc(OCc2ccc(Br)cc2)cc1)C(=O)Nc1ccc(OCc2ccccc2Cl)cc1. The zero-order valence-electron chi connectivity index (χ0n) is 19.7. The third kappa shape index (κ3) is 7.71. The number of rotatable bonds is 9. The van der Waals surface area contributed by atoms with Gasteiger partial charge in [0, 0.05) is 20.7 Å². The summed E-state index contributed by atoms with van der Waals surface area (Å²) in [6.07, 6.45) is 1.54. The van der Waals surface area contributed by atoms with Gasteiger partial charge in [0.1, 0.15) is 36.4 Å². The van der Waals surface area contributed by atoms with Crippen LogP contribution in [0.25, 0.3) is 6.08 Å². The highest BCUT2D eigenvalue weighted by molar-refractivity contribution is 9.10. The maximum atomic E-state index is 12.7. The van der Waals surface area contributed by atoms with Crippen molar-refractivity contribution in [3.05, 3.63) is 129 Å². The largest absolute Gasteiger partial charge is 0.489 e. The number of amides is 1. The van der Waals surface area contributed by atoms with Crippen molar-refractivity contribution < 1.29 is 14.3 Å². The molecular formula is C30H22BrClN2O3. The highest BCUT2D eigenvalue weighted by Gasteiger charge is 2.10. The Morgan fingerprint density at radius 3 is 2.14 bits per heavy atom. The monoisotopic (exact) mass is 572 g/mol. The highest BCUT2D eigenvalue weighted by Crippen LogP contribution is 2.21. The number of nitrogens with zero attached hydrogens (tertiary/aromatic N) is 1. The average Bonchev–Trinajstić information content (AvgIpc) is 2.92. The highest BCUT2D eigenvalue weighted by atomic mass is 79.9. The van der Waals surface area contributed by atoms with Crippen LogP contribution in [0.2, 0.25) is 5.02 Å². The fourth-order valence-corrected chi connectivity index (χ4v) is 3.79. The number of ether oxygens (including phenoxy) is 2. The smallest absolute Gasteiger partial charge is 0.266 e. The summed E-state index contributed by atoms with van der Waals surface area (Å²) in [5.74, 6) is 0.832. The molecule has 184 valence electrons. The molecule has 0 aliphatic carbocycles. The maximum absolute atomic E-state index is 12.7. The Bertz CT molecular complexity index is 1430. The Hall–Kier alpha value is -4.05. The summed E-state index contributed by atoms with van der Waals surface area (Å²) in [5.41, 5.74) is 3.19. The van der Waals surface area contributed by atoms with Gasteiger partial charge in [-0.25, -0.2) is 0 Å². The van der Waals surface area contributed by atoms with Gasteiger partial charge in [-0.05, 0) is 71.8 Å². The summed E-state index contributed by atoms with van der Waals surface area (Å²) in [6, 6.07) is 31.5. The van der Waals surface area contributed by atoms with Crippen molar-refractivity contribution in [3.63, 3.8) is 0 Å². The quantitative estimate of drug-likeness (QED) is 0.164. The Balaban J connectivity index is 1.32. The molecule has 0 atom stereocenters. The van der Waals surface area contributed by atoms with Gasteiger partial charge in [0.2, 0.25) is 0 Å². The molecule has 37 heavy (non-hydrogen) atoms. The van der Waals surface area contributed by atoms with E-state index < -0.39 is 5.91 Å². The molecule has 0 heterocycles. The van der Waals surface area contributed by atoms with E-state index >= 15 is 0 Å². The van der Waals surface area contributed by atoms with Gasteiger partial charge in [0.25, 0.3) is 5.91 Å². The van der Waals surface area contributed by atoms with E-state index in [0.717, 1.165) is 15.6 Å². The van der Waals surface area contributed by atoms with Gasteiger partial charge in [0.15, 0.2) is 0 Å². The van der Waals surface area contributed by atoms with Crippen LogP contribution >= 0.6 is 27.5 Å². The zero-order valence-corrected chi connectivity index (χ0v) is 22.0. The minimum absolute atomic E-state index is 0.0115. The molecule has 0 spiro atoms. The molecule has 1 amide bonds. The normalized spacial score (nSPS) is 10.9. The molecule has 0 aliphatic rings. The number of carbonyl (C=O) groups excluding carboxylic acids is 1. The lowest BCUT2D eigenvalue weighted by Gasteiger charge is -2.09. The van der Waals surface area contributed by atoms with Crippen LogP contribution < -0.4 is 14.8 Å². The van der Waals surface area contributed by atoms with Crippen molar-refractivity contribution in [1.82, 2.24) is 0 Å². The van der Waals surface area contributed by atoms with Crippen molar-refractivity contribution >= 4 is 45.2 Å². The van der Waals surface area contributed by atoms with E-state index in [1.165, 1.54) is 6.08 Å². The lowest BCUT2D eigenvalue weighted by molar-refractivity contribution is -0.112. The Kier molecular flexibility index (Phi) is 8.98. The fraction of sp³-hybridized carbons (Fsp3) is 0.0667. The molecule has 4 aromatic rings. The third-order valence-electron chi connectivity index (χ3n) is 5.34. The van der Waals surface area contributed by atoms with E-state index in [9.17, 15) is 10.1 Å². The second-order valence-corrected chi connectivity index (χ2v) is 9.34. The van der Waals surface area contributed by atoms with E-state index in [0.29, 0.717) is 41.0 Å². The molecule has 7 heteroatoms. The molecule has 0 unspecified atom stereocenters. The van der Waals surface area contributed by atoms with Gasteiger partial charge in [0.05, 0.1) is 0 Å². The predicted molar refractivity (Wildman–Crippen MR) is 149 cm³/mol. The van der Waals surface area contributed by atoms with Crippen LogP contribution in [0.5, 0.6) is 11.5 Å².